The van der Waals surface area contributed by atoms with E-state index in [9.17, 15) is 9.59 Å². The van der Waals surface area contributed by atoms with Crippen molar-refractivity contribution in [2.24, 2.45) is 0 Å². The quantitative estimate of drug-likeness (QED) is 0.454. The number of piperazine rings is 1. The number of para-hydroxylation sites is 1. The van der Waals surface area contributed by atoms with Gasteiger partial charge in [-0.15, -0.1) is 0 Å². The minimum Gasteiger partial charge on any atom is -0.484 e. The Kier molecular flexibility index (Phi) is 7.75. The van der Waals surface area contributed by atoms with Gasteiger partial charge in [0.05, 0.1) is 16.4 Å². The molecule has 6 nitrogen and oxygen atoms in total. The zero-order valence-corrected chi connectivity index (χ0v) is 21.1. The molecule has 3 aromatic carbocycles. The SMILES string of the molecule is Cc1ccc(C(=O)N2CCN(c3c(Cl)cccc3NC(=O)COc3ccc(Br)cc3)CC2)cc1. The Balaban J connectivity index is 1.39. The summed E-state index contributed by atoms with van der Waals surface area (Å²) in [4.78, 5) is 29.4. The number of hydrogen-bond acceptors (Lipinski definition) is 4. The van der Waals surface area contributed by atoms with E-state index in [1.807, 2.05) is 54.3 Å². The van der Waals surface area contributed by atoms with Crippen molar-refractivity contribution in [1.82, 2.24) is 4.90 Å². The first-order valence-electron chi connectivity index (χ1n) is 11.0. The number of carbonyl (C=O) groups excluding carboxylic acids is 2. The number of carbonyl (C=O) groups is 2. The number of anilines is 2. The van der Waals surface area contributed by atoms with Crippen molar-refractivity contribution in [2.45, 2.75) is 6.92 Å². The second kappa shape index (κ2) is 10.9. The molecule has 0 aromatic heterocycles. The molecule has 0 bridgehead atoms. The molecule has 0 saturated carbocycles. The fourth-order valence-electron chi connectivity index (χ4n) is 3.82. The fourth-order valence-corrected chi connectivity index (χ4v) is 4.37. The molecule has 0 aliphatic carbocycles. The highest BCUT2D eigenvalue weighted by atomic mass is 79.9. The van der Waals surface area contributed by atoms with Gasteiger partial charge in [-0.2, -0.15) is 0 Å². The first-order chi connectivity index (χ1) is 16.4. The molecular formula is C26H25BrClN3O3. The van der Waals surface area contributed by atoms with Gasteiger partial charge < -0.3 is 19.9 Å². The van der Waals surface area contributed by atoms with E-state index in [4.69, 9.17) is 16.3 Å². The van der Waals surface area contributed by atoms with E-state index in [1.54, 1.807) is 24.3 Å². The molecule has 0 radical (unpaired) electrons. The Bertz CT molecular complexity index is 1160. The lowest BCUT2D eigenvalue weighted by Gasteiger charge is -2.37. The number of aryl methyl sites for hydroxylation is 1. The average molecular weight is 543 g/mol. The fraction of sp³-hybridized carbons (Fsp3) is 0.231. The largest absolute Gasteiger partial charge is 0.484 e. The van der Waals surface area contributed by atoms with Crippen molar-refractivity contribution in [3.8, 4) is 5.75 Å². The van der Waals surface area contributed by atoms with Crippen LogP contribution in [0.2, 0.25) is 5.02 Å². The average Bonchev–Trinajstić information content (AvgIpc) is 2.84. The van der Waals surface area contributed by atoms with E-state index in [1.165, 1.54) is 0 Å². The Hall–Kier alpha value is -3.03. The van der Waals surface area contributed by atoms with E-state index in [-0.39, 0.29) is 18.4 Å². The van der Waals surface area contributed by atoms with Crippen LogP contribution in [0.4, 0.5) is 11.4 Å². The molecule has 0 spiro atoms. The van der Waals surface area contributed by atoms with E-state index in [2.05, 4.69) is 26.1 Å². The van der Waals surface area contributed by atoms with Gasteiger partial charge in [0, 0.05) is 36.2 Å². The lowest BCUT2D eigenvalue weighted by Crippen LogP contribution is -2.49. The first kappa shape index (κ1) is 24.1. The second-order valence-electron chi connectivity index (χ2n) is 8.07. The maximum atomic E-state index is 12.8. The van der Waals surface area contributed by atoms with Gasteiger partial charge in [-0.25, -0.2) is 0 Å². The van der Waals surface area contributed by atoms with E-state index < -0.39 is 0 Å². The predicted octanol–water partition coefficient (Wildman–Crippen LogP) is 5.39. The lowest BCUT2D eigenvalue weighted by atomic mass is 10.1. The van der Waals surface area contributed by atoms with Crippen molar-refractivity contribution in [2.75, 3.05) is 43.0 Å². The van der Waals surface area contributed by atoms with Crippen LogP contribution >= 0.6 is 27.5 Å². The Labute approximate surface area is 212 Å². The topological polar surface area (TPSA) is 61.9 Å². The molecule has 2 amide bonds. The summed E-state index contributed by atoms with van der Waals surface area (Å²) in [6.45, 7) is 4.24. The molecule has 0 atom stereocenters. The Morgan fingerprint density at radius 2 is 1.65 bits per heavy atom. The third-order valence-corrected chi connectivity index (χ3v) is 6.46. The van der Waals surface area contributed by atoms with Gasteiger partial charge in [-0.3, -0.25) is 9.59 Å². The van der Waals surface area contributed by atoms with Gasteiger partial charge in [0.15, 0.2) is 6.61 Å². The normalized spacial score (nSPS) is 13.5. The van der Waals surface area contributed by atoms with Gasteiger partial charge in [0.1, 0.15) is 5.75 Å². The van der Waals surface area contributed by atoms with Crippen molar-refractivity contribution in [3.63, 3.8) is 0 Å². The van der Waals surface area contributed by atoms with Crippen LogP contribution in [0.5, 0.6) is 5.75 Å². The van der Waals surface area contributed by atoms with Crippen molar-refractivity contribution in [3.05, 3.63) is 87.4 Å². The number of nitrogens with one attached hydrogen (secondary N) is 1. The predicted molar refractivity (Wildman–Crippen MR) is 139 cm³/mol. The molecule has 1 heterocycles. The van der Waals surface area contributed by atoms with Gasteiger partial charge in [0.2, 0.25) is 0 Å². The maximum absolute atomic E-state index is 12.8. The van der Waals surface area contributed by atoms with Gasteiger partial charge >= 0.3 is 0 Å². The van der Waals surface area contributed by atoms with E-state index in [0.29, 0.717) is 48.2 Å². The Morgan fingerprint density at radius 3 is 2.32 bits per heavy atom. The van der Waals surface area contributed by atoms with Crippen LogP contribution in [0, 0.1) is 6.92 Å². The lowest BCUT2D eigenvalue weighted by molar-refractivity contribution is -0.118. The van der Waals surface area contributed by atoms with Crippen LogP contribution in [0.15, 0.2) is 71.2 Å². The molecule has 1 aliphatic heterocycles. The molecule has 1 aliphatic rings. The molecule has 1 N–H and O–H groups in total. The summed E-state index contributed by atoms with van der Waals surface area (Å²) in [6.07, 6.45) is 0. The molecule has 34 heavy (non-hydrogen) atoms. The van der Waals surface area contributed by atoms with E-state index >= 15 is 0 Å². The summed E-state index contributed by atoms with van der Waals surface area (Å²) in [5, 5.41) is 3.46. The van der Waals surface area contributed by atoms with Crippen molar-refractivity contribution < 1.29 is 14.3 Å². The highest BCUT2D eigenvalue weighted by Crippen LogP contribution is 2.34. The monoisotopic (exact) mass is 541 g/mol. The molecule has 3 aromatic rings. The summed E-state index contributed by atoms with van der Waals surface area (Å²) in [7, 11) is 0. The molecule has 8 heteroatoms. The standard InChI is InChI=1S/C26H25BrClN3O3/c1-18-5-7-19(8-6-18)26(33)31-15-13-30(14-16-31)25-22(28)3-2-4-23(25)29-24(32)17-34-21-11-9-20(27)10-12-21/h2-12H,13-17H2,1H3,(H,29,32). The van der Waals surface area contributed by atoms with Gasteiger partial charge in [-0.1, -0.05) is 51.3 Å². The van der Waals surface area contributed by atoms with Crippen LogP contribution in [-0.2, 0) is 4.79 Å². The summed E-state index contributed by atoms with van der Waals surface area (Å²) in [5.41, 5.74) is 3.19. The summed E-state index contributed by atoms with van der Waals surface area (Å²) < 4.78 is 6.52. The van der Waals surface area contributed by atoms with Crippen molar-refractivity contribution in [1.29, 1.82) is 0 Å². The molecular weight excluding hydrogens is 518 g/mol. The number of rotatable bonds is 6. The Morgan fingerprint density at radius 1 is 0.971 bits per heavy atom. The van der Waals surface area contributed by atoms with E-state index in [0.717, 1.165) is 15.7 Å². The third-order valence-electron chi connectivity index (χ3n) is 5.63. The zero-order chi connectivity index (χ0) is 24.1. The minimum atomic E-state index is -0.278. The van der Waals surface area contributed by atoms with Crippen LogP contribution in [-0.4, -0.2) is 49.5 Å². The summed E-state index contributed by atoms with van der Waals surface area (Å²) in [5.74, 6) is 0.357. The number of nitrogens with zero attached hydrogens (tertiary/aromatic N) is 2. The van der Waals surface area contributed by atoms with Gasteiger partial charge in [-0.05, 0) is 55.5 Å². The highest BCUT2D eigenvalue weighted by Gasteiger charge is 2.25. The summed E-state index contributed by atoms with van der Waals surface area (Å²) >= 11 is 9.91. The third kappa shape index (κ3) is 5.90. The first-order valence-corrected chi connectivity index (χ1v) is 12.2. The number of hydrogen-bond donors (Lipinski definition) is 1. The number of ether oxygens (including phenoxy) is 1. The van der Waals surface area contributed by atoms with Crippen LogP contribution < -0.4 is 15.0 Å². The second-order valence-corrected chi connectivity index (χ2v) is 9.39. The van der Waals surface area contributed by atoms with Crippen molar-refractivity contribution >= 4 is 50.7 Å². The minimum absolute atomic E-state index is 0.0254. The molecule has 1 fully saturated rings. The summed E-state index contributed by atoms with van der Waals surface area (Å²) in [6, 6.07) is 20.3. The number of halogens is 2. The molecule has 176 valence electrons. The maximum Gasteiger partial charge on any atom is 0.262 e. The molecule has 1 saturated heterocycles. The highest BCUT2D eigenvalue weighted by molar-refractivity contribution is 9.10. The number of benzene rings is 3. The van der Waals surface area contributed by atoms with Crippen LogP contribution in [0.3, 0.4) is 0 Å². The van der Waals surface area contributed by atoms with Crippen LogP contribution in [0.25, 0.3) is 0 Å². The number of amides is 2. The molecule has 0 unspecified atom stereocenters. The van der Waals surface area contributed by atoms with Crippen LogP contribution in [0.1, 0.15) is 15.9 Å². The zero-order valence-electron chi connectivity index (χ0n) is 18.8. The molecule has 4 rings (SSSR count). The smallest absolute Gasteiger partial charge is 0.262 e. The van der Waals surface area contributed by atoms with Gasteiger partial charge in [0.25, 0.3) is 11.8 Å².